The Hall–Kier alpha value is -2.73. The smallest absolute Gasteiger partial charge is 0.261 e. The van der Waals surface area contributed by atoms with Crippen LogP contribution in [0.5, 0.6) is 0 Å². The summed E-state index contributed by atoms with van der Waals surface area (Å²) in [5, 5.41) is 1.29. The van der Waals surface area contributed by atoms with Crippen molar-refractivity contribution in [3.05, 3.63) is 104 Å². The van der Waals surface area contributed by atoms with Crippen LogP contribution in [-0.4, -0.2) is 8.97 Å². The van der Waals surface area contributed by atoms with E-state index in [2.05, 4.69) is 0 Å². The molecule has 0 saturated carbocycles. The van der Waals surface area contributed by atoms with E-state index in [0.29, 0.717) is 20.9 Å². The monoisotopic (exact) mass is 434 g/mol. The van der Waals surface area contributed by atoms with Crippen molar-refractivity contribution in [1.82, 2.24) is 8.97 Å². The molecule has 5 rings (SSSR count). The Balaban J connectivity index is 1.95. The van der Waals surface area contributed by atoms with Crippen LogP contribution in [-0.2, 0) is 6.54 Å². The van der Waals surface area contributed by atoms with Gasteiger partial charge in [0, 0.05) is 10.6 Å². The maximum Gasteiger partial charge on any atom is 0.261 e. The number of benzene rings is 3. The van der Waals surface area contributed by atoms with E-state index in [1.54, 1.807) is 0 Å². The van der Waals surface area contributed by atoms with Gasteiger partial charge in [-0.05, 0) is 36.0 Å². The molecule has 0 saturated heterocycles. The van der Waals surface area contributed by atoms with Gasteiger partial charge in [0.15, 0.2) is 3.95 Å². The maximum absolute atomic E-state index is 13.5. The summed E-state index contributed by atoms with van der Waals surface area (Å²) >= 11 is 13.7. The Morgan fingerprint density at radius 1 is 0.897 bits per heavy atom. The van der Waals surface area contributed by atoms with Gasteiger partial charge < -0.3 is 0 Å². The minimum Gasteiger partial charge on any atom is -0.288 e. The van der Waals surface area contributed by atoms with Crippen LogP contribution < -0.4 is 5.56 Å². The molecule has 0 atom stereocenters. The van der Waals surface area contributed by atoms with Crippen molar-refractivity contribution in [3.8, 4) is 10.4 Å². The number of para-hydroxylation sites is 1. The molecule has 3 aromatic carbocycles. The molecule has 3 nitrogen and oxygen atoms in total. The predicted molar refractivity (Wildman–Crippen MR) is 124 cm³/mol. The predicted octanol–water partition coefficient (Wildman–Crippen LogP) is 6.41. The van der Waals surface area contributed by atoms with E-state index in [0.717, 1.165) is 27.2 Å². The lowest BCUT2D eigenvalue weighted by atomic mass is 10.1. The average molecular weight is 435 g/mol. The van der Waals surface area contributed by atoms with Crippen molar-refractivity contribution in [1.29, 1.82) is 0 Å². The van der Waals surface area contributed by atoms with Gasteiger partial charge in [0.25, 0.3) is 5.56 Å². The molecule has 0 spiro atoms. The second kappa shape index (κ2) is 7.26. The topological polar surface area (TPSA) is 26.4 Å². The summed E-state index contributed by atoms with van der Waals surface area (Å²) in [5.74, 6) is 0. The van der Waals surface area contributed by atoms with Gasteiger partial charge >= 0.3 is 0 Å². The van der Waals surface area contributed by atoms with Gasteiger partial charge in [-0.15, -0.1) is 11.3 Å². The fourth-order valence-electron chi connectivity index (χ4n) is 3.65. The molecule has 0 amide bonds. The van der Waals surface area contributed by atoms with Crippen LogP contribution in [0.15, 0.2) is 83.7 Å². The third kappa shape index (κ3) is 3.02. The zero-order chi connectivity index (χ0) is 20.0. The summed E-state index contributed by atoms with van der Waals surface area (Å²) in [6.45, 7) is 0.455. The van der Waals surface area contributed by atoms with E-state index < -0.39 is 0 Å². The Morgan fingerprint density at radius 2 is 1.59 bits per heavy atom. The molecule has 2 heterocycles. The minimum absolute atomic E-state index is 0.0365. The molecule has 29 heavy (non-hydrogen) atoms. The number of thiazole rings is 1. The van der Waals surface area contributed by atoms with Crippen LogP contribution in [0.2, 0.25) is 5.02 Å². The zero-order valence-corrected chi connectivity index (χ0v) is 17.6. The molecule has 6 heteroatoms. The van der Waals surface area contributed by atoms with Crippen LogP contribution in [0.25, 0.3) is 27.0 Å². The minimum atomic E-state index is -0.0365. The second-order valence-electron chi connectivity index (χ2n) is 6.73. The molecule has 0 radical (unpaired) electrons. The summed E-state index contributed by atoms with van der Waals surface area (Å²) in [4.78, 5) is 14.4. The van der Waals surface area contributed by atoms with Gasteiger partial charge in [0.05, 0.1) is 22.3 Å². The lowest BCUT2D eigenvalue weighted by Gasteiger charge is -2.14. The van der Waals surface area contributed by atoms with Gasteiger partial charge in [-0.25, -0.2) is 0 Å². The van der Waals surface area contributed by atoms with E-state index in [-0.39, 0.29) is 5.56 Å². The summed E-state index contributed by atoms with van der Waals surface area (Å²) in [5.41, 5.74) is 3.49. The Bertz CT molecular complexity index is 1480. The lowest BCUT2D eigenvalue weighted by Crippen LogP contribution is -2.23. The Morgan fingerprint density at radius 3 is 2.38 bits per heavy atom. The molecule has 142 valence electrons. The van der Waals surface area contributed by atoms with Gasteiger partial charge in [-0.3, -0.25) is 13.8 Å². The highest BCUT2D eigenvalue weighted by Crippen LogP contribution is 2.37. The van der Waals surface area contributed by atoms with E-state index in [1.807, 2.05) is 87.8 Å². The largest absolute Gasteiger partial charge is 0.288 e. The number of aromatic nitrogens is 2. The third-order valence-electron chi connectivity index (χ3n) is 4.97. The highest BCUT2D eigenvalue weighted by atomic mass is 35.5. The SMILES string of the molecule is O=c1c2ccccc2n2c(=S)sc(-c3ccccc3Cl)c2n1Cc1ccccc1. The first-order valence-corrected chi connectivity index (χ1v) is 10.7. The van der Waals surface area contributed by atoms with Gasteiger partial charge in [0.1, 0.15) is 5.65 Å². The molecule has 0 bridgehead atoms. The molecule has 0 unspecified atom stereocenters. The molecule has 5 aromatic rings. The highest BCUT2D eigenvalue weighted by molar-refractivity contribution is 7.73. The van der Waals surface area contributed by atoms with E-state index in [9.17, 15) is 4.79 Å². The molecule has 0 N–H and O–H groups in total. The third-order valence-corrected chi connectivity index (χ3v) is 6.69. The molecule has 0 aliphatic carbocycles. The number of hydrogen-bond acceptors (Lipinski definition) is 3. The maximum atomic E-state index is 13.5. The van der Waals surface area contributed by atoms with Crippen LogP contribution in [0.4, 0.5) is 0 Å². The van der Waals surface area contributed by atoms with Crippen LogP contribution >= 0.6 is 35.2 Å². The van der Waals surface area contributed by atoms with Crippen LogP contribution in [0, 0.1) is 3.95 Å². The fraction of sp³-hybridized carbons (Fsp3) is 0.0435. The second-order valence-corrected chi connectivity index (χ2v) is 8.78. The van der Waals surface area contributed by atoms with E-state index in [1.165, 1.54) is 11.3 Å². The summed E-state index contributed by atoms with van der Waals surface area (Å²) in [6, 6.07) is 25.2. The molecule has 0 fully saturated rings. The average Bonchev–Trinajstić information content (AvgIpc) is 3.09. The summed E-state index contributed by atoms with van der Waals surface area (Å²) < 4.78 is 4.49. The zero-order valence-electron chi connectivity index (χ0n) is 15.2. The van der Waals surface area contributed by atoms with Crippen molar-refractivity contribution >= 4 is 51.7 Å². The molecular formula is C23H15ClN2OS2. The fourth-order valence-corrected chi connectivity index (χ4v) is 5.40. The molecule has 0 aliphatic heterocycles. The first-order valence-electron chi connectivity index (χ1n) is 9.11. The summed E-state index contributed by atoms with van der Waals surface area (Å²) in [6.07, 6.45) is 0. The van der Waals surface area contributed by atoms with Gasteiger partial charge in [0.2, 0.25) is 0 Å². The number of fused-ring (bicyclic) bond motifs is 3. The van der Waals surface area contributed by atoms with Crippen molar-refractivity contribution in [3.63, 3.8) is 0 Å². The van der Waals surface area contributed by atoms with E-state index in [4.69, 9.17) is 23.8 Å². The number of nitrogens with zero attached hydrogens (tertiary/aromatic N) is 2. The van der Waals surface area contributed by atoms with Crippen molar-refractivity contribution in [2.75, 3.05) is 0 Å². The number of hydrogen-bond donors (Lipinski definition) is 0. The van der Waals surface area contributed by atoms with Crippen LogP contribution in [0.3, 0.4) is 0 Å². The Labute approximate surface area is 181 Å². The molecule has 2 aromatic heterocycles. The van der Waals surface area contributed by atoms with Crippen molar-refractivity contribution in [2.24, 2.45) is 0 Å². The lowest BCUT2D eigenvalue weighted by molar-refractivity contribution is 0.781. The quantitative estimate of drug-likeness (QED) is 0.306. The van der Waals surface area contributed by atoms with Gasteiger partial charge in [-0.1, -0.05) is 72.3 Å². The standard InChI is InChI=1S/C23H15ClN2OS2/c24-18-12-6-4-10-16(18)20-21-25(14-15-8-2-1-3-9-15)22(27)17-11-5-7-13-19(17)26(21)23(28)29-20/h1-13H,14H2. The van der Waals surface area contributed by atoms with E-state index >= 15 is 0 Å². The normalized spacial score (nSPS) is 11.3. The first-order chi connectivity index (χ1) is 14.1. The highest BCUT2D eigenvalue weighted by Gasteiger charge is 2.19. The number of rotatable bonds is 3. The van der Waals surface area contributed by atoms with Crippen molar-refractivity contribution < 1.29 is 0 Å². The van der Waals surface area contributed by atoms with Gasteiger partial charge in [-0.2, -0.15) is 0 Å². The number of halogens is 1. The van der Waals surface area contributed by atoms with Crippen molar-refractivity contribution in [2.45, 2.75) is 6.54 Å². The summed E-state index contributed by atoms with van der Waals surface area (Å²) in [7, 11) is 0. The van der Waals surface area contributed by atoms with Crippen LogP contribution in [0.1, 0.15) is 5.56 Å². The molecule has 0 aliphatic rings. The molecular weight excluding hydrogens is 420 g/mol. The Kier molecular flexibility index (Phi) is 4.59. The first kappa shape index (κ1) is 18.3.